The van der Waals surface area contributed by atoms with Crippen LogP contribution in [0.1, 0.15) is 46.5 Å². The molecule has 0 aliphatic carbocycles. The molecular formula is C13H25NO5S. The number of nitrogens with zero attached hydrogens (tertiary/aromatic N) is 1. The third kappa shape index (κ3) is 3.71. The highest BCUT2D eigenvalue weighted by atomic mass is 32.2. The molecule has 1 fully saturated rings. The topological polar surface area (TPSA) is 83.9 Å². The van der Waals surface area contributed by atoms with Gasteiger partial charge in [-0.05, 0) is 33.1 Å². The van der Waals surface area contributed by atoms with Crippen LogP contribution in [0.3, 0.4) is 0 Å². The average Bonchev–Trinajstić information content (AvgIpc) is 2.74. The zero-order chi connectivity index (χ0) is 15.4. The lowest BCUT2D eigenvalue weighted by molar-refractivity contribution is -0.147. The van der Waals surface area contributed by atoms with Crippen molar-refractivity contribution >= 4 is 16.0 Å². The van der Waals surface area contributed by atoms with Gasteiger partial charge in [0.1, 0.15) is 5.54 Å². The molecule has 1 aliphatic heterocycles. The van der Waals surface area contributed by atoms with Crippen LogP contribution >= 0.6 is 0 Å². The standard InChI is InChI=1S/C13H25NO5S/c1-4-6-13(12(15)16)7-5-8-14(13)20(17,18)10-9-19-11(2)3/h11H,4-10H2,1-3H3,(H,15,16). The molecule has 1 rings (SSSR count). The Morgan fingerprint density at radius 2 is 2.10 bits per heavy atom. The maximum Gasteiger partial charge on any atom is 0.325 e. The number of carboxylic acids is 1. The van der Waals surface area contributed by atoms with Crippen molar-refractivity contribution in [2.45, 2.75) is 58.1 Å². The zero-order valence-corrected chi connectivity index (χ0v) is 13.3. The first-order valence-corrected chi connectivity index (χ1v) is 8.72. The van der Waals surface area contributed by atoms with Crippen molar-refractivity contribution in [2.75, 3.05) is 18.9 Å². The first-order chi connectivity index (χ1) is 9.26. The molecule has 0 aromatic carbocycles. The Bertz CT molecular complexity index is 434. The summed E-state index contributed by atoms with van der Waals surface area (Å²) < 4.78 is 31.2. The summed E-state index contributed by atoms with van der Waals surface area (Å²) in [6, 6.07) is 0. The first-order valence-electron chi connectivity index (χ1n) is 7.12. The predicted molar refractivity (Wildman–Crippen MR) is 76.1 cm³/mol. The van der Waals surface area contributed by atoms with Crippen LogP contribution in [0.2, 0.25) is 0 Å². The molecule has 1 heterocycles. The summed E-state index contributed by atoms with van der Waals surface area (Å²) in [6.45, 7) is 5.92. The molecule has 20 heavy (non-hydrogen) atoms. The van der Waals surface area contributed by atoms with Gasteiger partial charge >= 0.3 is 5.97 Å². The molecule has 0 aromatic heterocycles. The number of carbonyl (C=O) groups is 1. The minimum atomic E-state index is -3.60. The molecule has 0 radical (unpaired) electrons. The van der Waals surface area contributed by atoms with E-state index in [-0.39, 0.29) is 25.0 Å². The quantitative estimate of drug-likeness (QED) is 0.734. The molecule has 1 atom stereocenters. The third-order valence-corrected chi connectivity index (χ3v) is 5.51. The van der Waals surface area contributed by atoms with E-state index in [0.717, 1.165) is 0 Å². The molecule has 1 N–H and O–H groups in total. The minimum absolute atomic E-state index is 0.0383. The third-order valence-electron chi connectivity index (χ3n) is 3.62. The number of carboxylic acid groups (broad SMARTS) is 1. The lowest BCUT2D eigenvalue weighted by Crippen LogP contribution is -2.53. The fourth-order valence-electron chi connectivity index (χ4n) is 2.74. The highest BCUT2D eigenvalue weighted by Crippen LogP contribution is 2.36. The summed E-state index contributed by atoms with van der Waals surface area (Å²) in [5.41, 5.74) is -1.26. The van der Waals surface area contributed by atoms with E-state index in [4.69, 9.17) is 4.74 Å². The molecule has 0 spiro atoms. The van der Waals surface area contributed by atoms with E-state index in [1.165, 1.54) is 4.31 Å². The highest BCUT2D eigenvalue weighted by Gasteiger charge is 2.51. The Labute approximate surface area is 121 Å². The Morgan fingerprint density at radius 1 is 1.45 bits per heavy atom. The SMILES string of the molecule is CCCC1(C(=O)O)CCCN1S(=O)(=O)CCOC(C)C. The Kier molecular flexibility index (Phi) is 5.97. The Morgan fingerprint density at radius 3 is 2.60 bits per heavy atom. The summed E-state index contributed by atoms with van der Waals surface area (Å²) >= 11 is 0. The fraction of sp³-hybridized carbons (Fsp3) is 0.923. The van der Waals surface area contributed by atoms with Crippen molar-refractivity contribution in [3.8, 4) is 0 Å². The molecule has 0 bridgehead atoms. The molecule has 1 saturated heterocycles. The van der Waals surface area contributed by atoms with Crippen molar-refractivity contribution < 1.29 is 23.1 Å². The van der Waals surface area contributed by atoms with E-state index in [9.17, 15) is 18.3 Å². The molecule has 1 aliphatic rings. The van der Waals surface area contributed by atoms with Crippen molar-refractivity contribution in [3.05, 3.63) is 0 Å². The van der Waals surface area contributed by atoms with Gasteiger partial charge in [0.05, 0.1) is 18.5 Å². The first kappa shape index (κ1) is 17.4. The predicted octanol–water partition coefficient (Wildman–Crippen LogP) is 1.46. The lowest BCUT2D eigenvalue weighted by Gasteiger charge is -2.33. The fourth-order valence-corrected chi connectivity index (χ4v) is 4.47. The van der Waals surface area contributed by atoms with Gasteiger partial charge in [-0.3, -0.25) is 4.79 Å². The van der Waals surface area contributed by atoms with E-state index < -0.39 is 21.5 Å². The molecule has 0 amide bonds. The number of hydrogen-bond donors (Lipinski definition) is 1. The second-order valence-corrected chi connectivity index (χ2v) is 7.51. The molecule has 0 aromatic rings. The van der Waals surface area contributed by atoms with Gasteiger partial charge in [0.25, 0.3) is 0 Å². The van der Waals surface area contributed by atoms with Crippen LogP contribution in [-0.2, 0) is 19.6 Å². The van der Waals surface area contributed by atoms with Crippen LogP contribution in [0, 0.1) is 0 Å². The van der Waals surface area contributed by atoms with Crippen molar-refractivity contribution in [1.82, 2.24) is 4.31 Å². The van der Waals surface area contributed by atoms with Gasteiger partial charge in [-0.1, -0.05) is 13.3 Å². The van der Waals surface area contributed by atoms with Crippen molar-refractivity contribution in [3.63, 3.8) is 0 Å². The molecule has 6 nitrogen and oxygen atoms in total. The second kappa shape index (κ2) is 6.87. The zero-order valence-electron chi connectivity index (χ0n) is 12.5. The number of ether oxygens (including phenoxy) is 1. The van der Waals surface area contributed by atoms with Gasteiger partial charge in [0.15, 0.2) is 0 Å². The van der Waals surface area contributed by atoms with Crippen LogP contribution in [0.5, 0.6) is 0 Å². The van der Waals surface area contributed by atoms with Crippen LogP contribution in [0.4, 0.5) is 0 Å². The van der Waals surface area contributed by atoms with Crippen LogP contribution in [-0.4, -0.2) is 54.3 Å². The van der Waals surface area contributed by atoms with Gasteiger partial charge < -0.3 is 9.84 Å². The molecule has 7 heteroatoms. The summed E-state index contributed by atoms with van der Waals surface area (Å²) in [5.74, 6) is -1.20. The summed E-state index contributed by atoms with van der Waals surface area (Å²) in [7, 11) is -3.60. The van der Waals surface area contributed by atoms with Crippen molar-refractivity contribution in [1.29, 1.82) is 0 Å². The Balaban J connectivity index is 2.88. The Hall–Kier alpha value is -0.660. The second-order valence-electron chi connectivity index (χ2n) is 5.50. The highest BCUT2D eigenvalue weighted by molar-refractivity contribution is 7.89. The molecular weight excluding hydrogens is 282 g/mol. The van der Waals surface area contributed by atoms with Gasteiger partial charge in [0, 0.05) is 6.54 Å². The largest absolute Gasteiger partial charge is 0.480 e. The minimum Gasteiger partial charge on any atom is -0.480 e. The maximum atomic E-state index is 12.4. The summed E-state index contributed by atoms with van der Waals surface area (Å²) in [5, 5.41) is 9.50. The number of hydrogen-bond acceptors (Lipinski definition) is 4. The van der Waals surface area contributed by atoms with Gasteiger partial charge in [-0.25, -0.2) is 8.42 Å². The number of sulfonamides is 1. The maximum absolute atomic E-state index is 12.4. The smallest absolute Gasteiger partial charge is 0.325 e. The van der Waals surface area contributed by atoms with Gasteiger partial charge in [0.2, 0.25) is 10.0 Å². The molecule has 1 unspecified atom stereocenters. The van der Waals surface area contributed by atoms with Crippen molar-refractivity contribution in [2.24, 2.45) is 0 Å². The van der Waals surface area contributed by atoms with Gasteiger partial charge in [-0.2, -0.15) is 4.31 Å². The lowest BCUT2D eigenvalue weighted by atomic mass is 9.92. The van der Waals surface area contributed by atoms with E-state index in [1.54, 1.807) is 0 Å². The molecule has 118 valence electrons. The summed E-state index contributed by atoms with van der Waals surface area (Å²) in [6.07, 6.45) is 1.94. The summed E-state index contributed by atoms with van der Waals surface area (Å²) in [4.78, 5) is 11.6. The monoisotopic (exact) mass is 307 g/mol. The van der Waals surface area contributed by atoms with Crippen LogP contribution in [0.25, 0.3) is 0 Å². The van der Waals surface area contributed by atoms with E-state index in [2.05, 4.69) is 0 Å². The van der Waals surface area contributed by atoms with Gasteiger partial charge in [-0.15, -0.1) is 0 Å². The van der Waals surface area contributed by atoms with Crippen LogP contribution in [0.15, 0.2) is 0 Å². The number of rotatable bonds is 8. The van der Waals surface area contributed by atoms with E-state index in [1.807, 2.05) is 20.8 Å². The normalized spacial score (nSPS) is 24.4. The number of aliphatic carboxylic acids is 1. The van der Waals surface area contributed by atoms with E-state index in [0.29, 0.717) is 25.7 Å². The van der Waals surface area contributed by atoms with Crippen LogP contribution < -0.4 is 0 Å². The average molecular weight is 307 g/mol. The molecule has 0 saturated carbocycles. The van der Waals surface area contributed by atoms with E-state index >= 15 is 0 Å².